The summed E-state index contributed by atoms with van der Waals surface area (Å²) in [5.41, 5.74) is 9.99. The smallest absolute Gasteiger partial charge is 0.252 e. The Balaban J connectivity index is 1.76. The van der Waals surface area contributed by atoms with Crippen molar-refractivity contribution < 1.29 is 23.4 Å². The van der Waals surface area contributed by atoms with Crippen molar-refractivity contribution in [2.75, 3.05) is 0 Å². The van der Waals surface area contributed by atoms with Crippen LogP contribution in [0.3, 0.4) is 0 Å². The van der Waals surface area contributed by atoms with Crippen molar-refractivity contribution in [3.05, 3.63) is 131 Å². The first-order chi connectivity index (χ1) is 20.3. The number of hydrogen-bond donors (Lipinski definition) is 1. The number of halogens is 1. The molecule has 0 aromatic heterocycles. The van der Waals surface area contributed by atoms with Gasteiger partial charge in [-0.2, -0.15) is 0 Å². The minimum Gasteiger partial charge on any atom is -0.494 e. The van der Waals surface area contributed by atoms with E-state index in [-0.39, 0.29) is 16.7 Å². The number of amides is 1. The molecule has 0 aliphatic rings. The van der Waals surface area contributed by atoms with Gasteiger partial charge in [0, 0.05) is 6.42 Å². The molecule has 0 spiro atoms. The van der Waals surface area contributed by atoms with E-state index in [2.05, 4.69) is 58.2 Å². The standard InChI is InChI=1S/C37H44FNO4/c1-24-17-22-33(35(38)34(24)36(39)40)43-32(16-12-13-25(2)41-23-29-14-10-9-11-15-29)28(5)42-27(4)26(3)30-18-20-31(21-19-30)37(6,7)8/h9-11,14-15,17-22,32H,2,5,12-13,16,23H2,1,3-4,6-8H3,(H2,39,40). The molecule has 6 heteroatoms. The van der Waals surface area contributed by atoms with Crippen molar-refractivity contribution >= 4 is 11.5 Å². The van der Waals surface area contributed by atoms with E-state index in [0.717, 1.165) is 16.7 Å². The Morgan fingerprint density at radius 1 is 0.977 bits per heavy atom. The maximum Gasteiger partial charge on any atom is 0.252 e. The molecule has 0 saturated heterocycles. The van der Waals surface area contributed by atoms with Gasteiger partial charge in [-0.15, -0.1) is 0 Å². The van der Waals surface area contributed by atoms with Crippen LogP contribution in [0.1, 0.15) is 86.5 Å². The van der Waals surface area contributed by atoms with Gasteiger partial charge in [0.25, 0.3) is 5.91 Å². The second-order valence-corrected chi connectivity index (χ2v) is 11.8. The van der Waals surface area contributed by atoms with Crippen LogP contribution >= 0.6 is 0 Å². The van der Waals surface area contributed by atoms with E-state index < -0.39 is 17.8 Å². The maximum absolute atomic E-state index is 15.3. The summed E-state index contributed by atoms with van der Waals surface area (Å²) in [6.07, 6.45) is 0.910. The molecule has 5 nitrogen and oxygen atoms in total. The summed E-state index contributed by atoms with van der Waals surface area (Å²) in [6.45, 7) is 20.6. The zero-order valence-electron chi connectivity index (χ0n) is 26.3. The Morgan fingerprint density at radius 3 is 2.23 bits per heavy atom. The molecule has 43 heavy (non-hydrogen) atoms. The maximum atomic E-state index is 15.3. The highest BCUT2D eigenvalue weighted by Gasteiger charge is 2.23. The van der Waals surface area contributed by atoms with E-state index in [9.17, 15) is 4.79 Å². The van der Waals surface area contributed by atoms with E-state index >= 15 is 4.39 Å². The summed E-state index contributed by atoms with van der Waals surface area (Å²) >= 11 is 0. The molecule has 3 aromatic carbocycles. The minimum absolute atomic E-state index is 0.0536. The molecule has 0 aliphatic carbocycles. The van der Waals surface area contributed by atoms with E-state index in [4.69, 9.17) is 19.9 Å². The van der Waals surface area contributed by atoms with Gasteiger partial charge < -0.3 is 19.9 Å². The van der Waals surface area contributed by atoms with Gasteiger partial charge in [0.15, 0.2) is 17.7 Å². The van der Waals surface area contributed by atoms with Crippen LogP contribution in [-0.2, 0) is 21.5 Å². The Labute approximate surface area is 255 Å². The lowest BCUT2D eigenvalue weighted by Gasteiger charge is -2.24. The second kappa shape index (κ2) is 14.7. The number of nitrogens with two attached hydrogens (primary N) is 1. The lowest BCUT2D eigenvalue weighted by atomic mass is 9.86. The summed E-state index contributed by atoms with van der Waals surface area (Å²) in [6, 6.07) is 21.4. The first-order valence-electron chi connectivity index (χ1n) is 14.5. The number of benzene rings is 3. The Kier molecular flexibility index (Phi) is 11.4. The number of rotatable bonds is 14. The van der Waals surface area contributed by atoms with Gasteiger partial charge in [0.05, 0.1) is 11.3 Å². The molecule has 3 aromatic rings. The van der Waals surface area contributed by atoms with Crippen LogP contribution in [0.5, 0.6) is 5.75 Å². The fourth-order valence-corrected chi connectivity index (χ4v) is 4.56. The summed E-state index contributed by atoms with van der Waals surface area (Å²) in [5, 5.41) is 0. The second-order valence-electron chi connectivity index (χ2n) is 11.8. The largest absolute Gasteiger partial charge is 0.494 e. The Hall–Kier alpha value is -4.32. The molecule has 0 fully saturated rings. The van der Waals surface area contributed by atoms with Gasteiger partial charge in [-0.1, -0.05) is 94.6 Å². The topological polar surface area (TPSA) is 70.8 Å². The third kappa shape index (κ3) is 9.34. The summed E-state index contributed by atoms with van der Waals surface area (Å²) in [7, 11) is 0. The highest BCUT2D eigenvalue weighted by molar-refractivity contribution is 5.95. The summed E-state index contributed by atoms with van der Waals surface area (Å²) < 4.78 is 33.4. The average Bonchev–Trinajstić information content (AvgIpc) is 2.96. The lowest BCUT2D eigenvalue weighted by Crippen LogP contribution is -2.23. The van der Waals surface area contributed by atoms with Crippen molar-refractivity contribution in [3.63, 3.8) is 0 Å². The highest BCUT2D eigenvalue weighted by atomic mass is 19.1. The average molecular weight is 586 g/mol. The quantitative estimate of drug-likeness (QED) is 0.192. The first-order valence-corrected chi connectivity index (χ1v) is 14.5. The molecular formula is C37H44FNO4. The molecule has 1 atom stereocenters. The predicted octanol–water partition coefficient (Wildman–Crippen LogP) is 9.16. The molecule has 2 N–H and O–H groups in total. The van der Waals surface area contributed by atoms with Crippen molar-refractivity contribution in [1.29, 1.82) is 0 Å². The normalized spacial score (nSPS) is 12.6. The van der Waals surface area contributed by atoms with Crippen molar-refractivity contribution in [2.24, 2.45) is 5.73 Å². The Bertz CT molecular complexity index is 1470. The minimum atomic E-state index is -0.856. The fraction of sp³-hybridized carbons (Fsp3) is 0.324. The Morgan fingerprint density at radius 2 is 1.63 bits per heavy atom. The van der Waals surface area contributed by atoms with Crippen molar-refractivity contribution in [1.82, 2.24) is 0 Å². The van der Waals surface area contributed by atoms with Gasteiger partial charge in [0.2, 0.25) is 0 Å². The van der Waals surface area contributed by atoms with E-state index in [1.807, 2.05) is 44.2 Å². The van der Waals surface area contributed by atoms with Crippen LogP contribution in [0.4, 0.5) is 4.39 Å². The summed E-state index contributed by atoms with van der Waals surface area (Å²) in [5.74, 6) is -0.143. The van der Waals surface area contributed by atoms with Gasteiger partial charge in [-0.25, -0.2) is 4.39 Å². The number of aryl methyl sites for hydroxylation is 1. The van der Waals surface area contributed by atoms with Crippen LogP contribution in [0.2, 0.25) is 0 Å². The van der Waals surface area contributed by atoms with Crippen molar-refractivity contribution in [2.45, 2.75) is 78.9 Å². The molecule has 0 saturated carbocycles. The van der Waals surface area contributed by atoms with E-state index in [1.54, 1.807) is 13.0 Å². The molecule has 228 valence electrons. The molecule has 0 heterocycles. The van der Waals surface area contributed by atoms with Crippen LogP contribution in [0.25, 0.3) is 5.57 Å². The molecule has 1 unspecified atom stereocenters. The molecule has 0 radical (unpaired) electrons. The number of carbonyl (C=O) groups excluding carboxylic acids is 1. The zero-order chi connectivity index (χ0) is 31.7. The molecule has 3 rings (SSSR count). The van der Waals surface area contributed by atoms with Crippen LogP contribution < -0.4 is 10.5 Å². The van der Waals surface area contributed by atoms with Gasteiger partial charge in [0.1, 0.15) is 18.1 Å². The van der Waals surface area contributed by atoms with E-state index in [1.165, 1.54) is 11.6 Å². The predicted molar refractivity (Wildman–Crippen MR) is 172 cm³/mol. The monoisotopic (exact) mass is 585 g/mol. The van der Waals surface area contributed by atoms with Gasteiger partial charge >= 0.3 is 0 Å². The fourth-order valence-electron chi connectivity index (χ4n) is 4.56. The number of ether oxygens (including phenoxy) is 3. The van der Waals surface area contributed by atoms with Crippen molar-refractivity contribution in [3.8, 4) is 5.75 Å². The van der Waals surface area contributed by atoms with Crippen LogP contribution in [0.15, 0.2) is 97.2 Å². The molecule has 0 bridgehead atoms. The molecule has 1 amide bonds. The third-order valence-corrected chi connectivity index (χ3v) is 7.39. The first kappa shape index (κ1) is 33.2. The zero-order valence-corrected chi connectivity index (χ0v) is 26.3. The highest BCUT2D eigenvalue weighted by Crippen LogP contribution is 2.30. The van der Waals surface area contributed by atoms with E-state index in [0.29, 0.717) is 48.7 Å². The van der Waals surface area contributed by atoms with Crippen LogP contribution in [0, 0.1) is 12.7 Å². The molecular weight excluding hydrogens is 541 g/mol. The van der Waals surface area contributed by atoms with Gasteiger partial charge in [-0.05, 0) is 72.9 Å². The number of primary amides is 1. The SMILES string of the molecule is C=C(CCCC(Oc1ccc(C)c(C(N)=O)c1F)C(=C)OC(C)=C(C)c1ccc(C(C)(C)C)cc1)OCc1ccccc1. The van der Waals surface area contributed by atoms with Crippen LogP contribution in [-0.4, -0.2) is 12.0 Å². The summed E-state index contributed by atoms with van der Waals surface area (Å²) in [4.78, 5) is 11.9. The number of hydrogen-bond acceptors (Lipinski definition) is 4. The van der Waals surface area contributed by atoms with Gasteiger partial charge in [-0.3, -0.25) is 4.79 Å². The number of allylic oxidation sites excluding steroid dienone is 3. The number of carbonyl (C=O) groups is 1. The third-order valence-electron chi connectivity index (χ3n) is 7.39. The molecule has 0 aliphatic heterocycles. The lowest BCUT2D eigenvalue weighted by molar-refractivity contribution is 0.0992.